The van der Waals surface area contributed by atoms with Crippen molar-refractivity contribution in [3.8, 4) is 0 Å². The number of aryl methyl sites for hydroxylation is 1. The Balaban J connectivity index is 2.40. The van der Waals surface area contributed by atoms with Gasteiger partial charge in [0.05, 0.1) is 12.2 Å². The molecule has 1 aliphatic rings. The molecular formula is C21H35NO. The smallest absolute Gasteiger partial charge is 0.0965 e. The van der Waals surface area contributed by atoms with Crippen LogP contribution in [0.5, 0.6) is 0 Å². The maximum absolute atomic E-state index is 6.74. The normalized spacial score (nSPS) is 25.3. The first-order valence-electron chi connectivity index (χ1n) is 9.38. The van der Waals surface area contributed by atoms with Gasteiger partial charge in [-0.1, -0.05) is 57.9 Å². The molecule has 0 heterocycles. The van der Waals surface area contributed by atoms with Crippen LogP contribution in [0.25, 0.3) is 0 Å². The first-order valence-corrected chi connectivity index (χ1v) is 9.38. The second kappa shape index (κ2) is 8.30. The summed E-state index contributed by atoms with van der Waals surface area (Å²) in [5.74, 6) is 1.27. The van der Waals surface area contributed by atoms with Gasteiger partial charge in [0.25, 0.3) is 0 Å². The van der Waals surface area contributed by atoms with Crippen LogP contribution in [-0.2, 0) is 16.8 Å². The lowest BCUT2D eigenvalue weighted by molar-refractivity contribution is -0.131. The maximum atomic E-state index is 6.74. The van der Waals surface area contributed by atoms with Crippen LogP contribution < -0.4 is 0 Å². The minimum absolute atomic E-state index is 0.0883. The van der Waals surface area contributed by atoms with Crippen LogP contribution in [0.1, 0.15) is 57.6 Å². The van der Waals surface area contributed by atoms with E-state index in [-0.39, 0.29) is 5.60 Å². The molecule has 0 amide bonds. The van der Waals surface area contributed by atoms with Crippen molar-refractivity contribution in [2.45, 2.75) is 58.5 Å². The van der Waals surface area contributed by atoms with Gasteiger partial charge in [-0.3, -0.25) is 0 Å². The molecule has 1 fully saturated rings. The lowest BCUT2D eigenvalue weighted by Crippen LogP contribution is -2.45. The molecule has 0 N–H and O–H groups in total. The molecule has 2 heteroatoms. The van der Waals surface area contributed by atoms with E-state index in [2.05, 4.69) is 64.0 Å². The molecule has 0 saturated heterocycles. The van der Waals surface area contributed by atoms with Gasteiger partial charge in [-0.15, -0.1) is 0 Å². The van der Waals surface area contributed by atoms with Crippen LogP contribution >= 0.6 is 0 Å². The summed E-state index contributed by atoms with van der Waals surface area (Å²) in [6.45, 7) is 8.80. The monoisotopic (exact) mass is 317 g/mol. The zero-order valence-corrected chi connectivity index (χ0v) is 15.8. The molecule has 2 atom stereocenters. The Kier molecular flexibility index (Phi) is 6.67. The van der Waals surface area contributed by atoms with Gasteiger partial charge in [0.1, 0.15) is 0 Å². The van der Waals surface area contributed by atoms with E-state index in [1.165, 1.54) is 36.8 Å². The lowest BCUT2D eigenvalue weighted by Gasteiger charge is -2.47. The molecule has 0 aliphatic heterocycles. The van der Waals surface area contributed by atoms with E-state index in [1.54, 1.807) is 0 Å². The molecule has 1 aromatic carbocycles. The summed E-state index contributed by atoms with van der Waals surface area (Å²) in [5, 5.41) is 0. The number of hydrogen-bond donors (Lipinski definition) is 0. The first kappa shape index (κ1) is 18.5. The molecule has 2 unspecified atom stereocenters. The molecular weight excluding hydrogens is 282 g/mol. The predicted octanol–water partition coefficient (Wildman–Crippen LogP) is 4.87. The number of likely N-dealkylation sites (N-methyl/N-ethyl adjacent to an activating group) is 1. The highest BCUT2D eigenvalue weighted by atomic mass is 16.5. The van der Waals surface area contributed by atoms with Crippen molar-refractivity contribution < 1.29 is 4.74 Å². The second-order valence-corrected chi connectivity index (χ2v) is 7.65. The van der Waals surface area contributed by atoms with E-state index >= 15 is 0 Å². The van der Waals surface area contributed by atoms with Gasteiger partial charge in [-0.25, -0.2) is 0 Å². The Labute approximate surface area is 143 Å². The summed E-state index contributed by atoms with van der Waals surface area (Å²) < 4.78 is 6.74. The fourth-order valence-corrected chi connectivity index (χ4v) is 4.29. The summed E-state index contributed by atoms with van der Waals surface area (Å²) in [5.41, 5.74) is 2.83. The van der Waals surface area contributed by atoms with E-state index in [9.17, 15) is 0 Å². The summed E-state index contributed by atoms with van der Waals surface area (Å²) in [4.78, 5) is 2.21. The largest absolute Gasteiger partial charge is 0.369 e. The Morgan fingerprint density at radius 3 is 2.61 bits per heavy atom. The van der Waals surface area contributed by atoms with Crippen molar-refractivity contribution >= 4 is 0 Å². The third kappa shape index (κ3) is 4.16. The number of rotatable bonds is 7. The molecule has 130 valence electrons. The molecule has 1 aliphatic carbocycles. The van der Waals surface area contributed by atoms with Crippen molar-refractivity contribution in [3.63, 3.8) is 0 Å². The summed E-state index contributed by atoms with van der Waals surface area (Å²) in [7, 11) is 4.24. The van der Waals surface area contributed by atoms with Crippen LogP contribution in [0, 0.1) is 11.8 Å². The fourth-order valence-electron chi connectivity index (χ4n) is 4.29. The second-order valence-electron chi connectivity index (χ2n) is 7.65. The summed E-state index contributed by atoms with van der Waals surface area (Å²) in [6, 6.07) is 8.98. The van der Waals surface area contributed by atoms with Crippen molar-refractivity contribution in [1.82, 2.24) is 4.90 Å². The lowest BCUT2D eigenvalue weighted by atomic mass is 9.66. The highest BCUT2D eigenvalue weighted by molar-refractivity contribution is 5.34. The van der Waals surface area contributed by atoms with Crippen molar-refractivity contribution in [1.29, 1.82) is 0 Å². The number of benzene rings is 1. The van der Waals surface area contributed by atoms with Gasteiger partial charge in [-0.2, -0.15) is 0 Å². The SMILES string of the molecule is CCc1ccccc1C1(OCCN(C)C)CCCCC1C(C)C. The number of nitrogens with zero attached hydrogens (tertiary/aromatic N) is 1. The first-order chi connectivity index (χ1) is 11.0. The van der Waals surface area contributed by atoms with Crippen molar-refractivity contribution in [3.05, 3.63) is 35.4 Å². The molecule has 23 heavy (non-hydrogen) atoms. The van der Waals surface area contributed by atoms with Crippen LogP contribution in [0.4, 0.5) is 0 Å². The predicted molar refractivity (Wildman–Crippen MR) is 98.8 cm³/mol. The van der Waals surface area contributed by atoms with Gasteiger partial charge in [0.15, 0.2) is 0 Å². The molecule has 0 spiro atoms. The van der Waals surface area contributed by atoms with Crippen LogP contribution in [0.15, 0.2) is 24.3 Å². The van der Waals surface area contributed by atoms with E-state index in [1.807, 2.05) is 0 Å². The fraction of sp³-hybridized carbons (Fsp3) is 0.714. The molecule has 1 saturated carbocycles. The number of ether oxygens (including phenoxy) is 1. The van der Waals surface area contributed by atoms with Gasteiger partial charge in [0, 0.05) is 6.54 Å². The van der Waals surface area contributed by atoms with Gasteiger partial charge in [-0.05, 0) is 56.3 Å². The average Bonchev–Trinajstić information content (AvgIpc) is 2.54. The molecule has 2 nitrogen and oxygen atoms in total. The quantitative estimate of drug-likeness (QED) is 0.711. The maximum Gasteiger partial charge on any atom is 0.0965 e. The molecule has 0 bridgehead atoms. The Hall–Kier alpha value is -0.860. The van der Waals surface area contributed by atoms with E-state index in [0.717, 1.165) is 19.6 Å². The topological polar surface area (TPSA) is 12.5 Å². The van der Waals surface area contributed by atoms with Crippen molar-refractivity contribution in [2.75, 3.05) is 27.2 Å². The van der Waals surface area contributed by atoms with E-state index in [0.29, 0.717) is 11.8 Å². The minimum atomic E-state index is -0.0883. The zero-order chi connectivity index (χ0) is 16.9. The van der Waals surface area contributed by atoms with Crippen LogP contribution in [0.2, 0.25) is 0 Å². The van der Waals surface area contributed by atoms with E-state index < -0.39 is 0 Å². The van der Waals surface area contributed by atoms with Gasteiger partial charge < -0.3 is 9.64 Å². The molecule has 1 aromatic rings. The Morgan fingerprint density at radius 2 is 1.96 bits per heavy atom. The highest BCUT2D eigenvalue weighted by Crippen LogP contribution is 2.49. The standard InChI is InChI=1S/C21H35NO/c1-6-18-11-7-8-13-20(18)21(23-16-15-22(4)5)14-10-9-12-19(21)17(2)3/h7-8,11,13,17,19H,6,9-10,12,14-16H2,1-5H3. The molecule has 0 radical (unpaired) electrons. The highest BCUT2D eigenvalue weighted by Gasteiger charge is 2.45. The number of hydrogen-bond acceptors (Lipinski definition) is 2. The van der Waals surface area contributed by atoms with Crippen molar-refractivity contribution in [2.24, 2.45) is 11.8 Å². The van der Waals surface area contributed by atoms with Crippen LogP contribution in [-0.4, -0.2) is 32.1 Å². The van der Waals surface area contributed by atoms with E-state index in [4.69, 9.17) is 4.74 Å². The third-order valence-corrected chi connectivity index (χ3v) is 5.47. The Bertz CT molecular complexity index is 482. The summed E-state index contributed by atoms with van der Waals surface area (Å²) >= 11 is 0. The minimum Gasteiger partial charge on any atom is -0.369 e. The molecule has 2 rings (SSSR count). The van der Waals surface area contributed by atoms with Gasteiger partial charge >= 0.3 is 0 Å². The van der Waals surface area contributed by atoms with Gasteiger partial charge in [0.2, 0.25) is 0 Å². The zero-order valence-electron chi connectivity index (χ0n) is 15.8. The summed E-state index contributed by atoms with van der Waals surface area (Å²) in [6.07, 6.45) is 6.16. The molecule has 0 aromatic heterocycles. The van der Waals surface area contributed by atoms with Crippen LogP contribution in [0.3, 0.4) is 0 Å². The average molecular weight is 318 g/mol. The third-order valence-electron chi connectivity index (χ3n) is 5.47. The Morgan fingerprint density at radius 1 is 1.22 bits per heavy atom.